The molecule has 3 aromatic rings. The van der Waals surface area contributed by atoms with Crippen molar-refractivity contribution in [3.05, 3.63) is 95.6 Å². The van der Waals surface area contributed by atoms with E-state index in [4.69, 9.17) is 5.11 Å². The normalized spacial score (nSPS) is 11.6. The third-order valence-electron chi connectivity index (χ3n) is 4.14. The van der Waals surface area contributed by atoms with Crippen LogP contribution < -0.4 is 10.6 Å². The minimum atomic E-state index is -0.534. The van der Waals surface area contributed by atoms with E-state index in [-0.39, 0.29) is 6.04 Å². The first-order valence-electron chi connectivity index (χ1n) is 8.54. The predicted octanol–water partition coefficient (Wildman–Crippen LogP) is 4.13. The van der Waals surface area contributed by atoms with Gasteiger partial charge in [0.05, 0.1) is 6.04 Å². The highest BCUT2D eigenvalue weighted by atomic mass is 16.3. The second kappa shape index (κ2) is 8.32. The van der Waals surface area contributed by atoms with Gasteiger partial charge in [-0.3, -0.25) is 4.79 Å². The first-order valence-corrected chi connectivity index (χ1v) is 8.54. The van der Waals surface area contributed by atoms with E-state index in [9.17, 15) is 4.79 Å². The maximum Gasteiger partial charge on any atom is 0.250 e. The number of nitrogens with one attached hydrogen (secondary N) is 2. The molecule has 3 rings (SSSR count). The lowest BCUT2D eigenvalue weighted by Crippen LogP contribution is -2.16. The molecule has 0 radical (unpaired) electrons. The molecule has 0 saturated carbocycles. The zero-order valence-corrected chi connectivity index (χ0v) is 14.6. The number of aryl methyl sites for hydroxylation is 1. The fraction of sp³-hybridized carbons (Fsp3) is 0.136. The third kappa shape index (κ3) is 4.49. The molecule has 3 N–H and O–H groups in total. The molecule has 0 aliphatic heterocycles. The van der Waals surface area contributed by atoms with Gasteiger partial charge in [-0.15, -0.1) is 0 Å². The molecule has 0 bridgehead atoms. The molecule has 1 amide bonds. The number of carbonyl (C=O) groups is 1. The summed E-state index contributed by atoms with van der Waals surface area (Å²) in [6.45, 7) is 1.54. The molecule has 0 aliphatic carbocycles. The van der Waals surface area contributed by atoms with Crippen LogP contribution in [0.25, 0.3) is 0 Å². The molecule has 0 saturated heterocycles. The molecule has 0 fully saturated rings. The quantitative estimate of drug-likeness (QED) is 0.629. The highest BCUT2D eigenvalue weighted by Crippen LogP contribution is 2.28. The van der Waals surface area contributed by atoms with Gasteiger partial charge in [-0.25, -0.2) is 0 Å². The first kappa shape index (κ1) is 17.7. The number of benzene rings is 3. The van der Waals surface area contributed by atoms with Crippen LogP contribution >= 0.6 is 0 Å². The summed E-state index contributed by atoms with van der Waals surface area (Å²) in [4.78, 5) is 11.4. The van der Waals surface area contributed by atoms with E-state index >= 15 is 0 Å². The molecule has 3 aromatic carbocycles. The topological polar surface area (TPSA) is 61.4 Å². The first-order chi connectivity index (χ1) is 12.7. The summed E-state index contributed by atoms with van der Waals surface area (Å²) in [5, 5.41) is 15.1. The van der Waals surface area contributed by atoms with Crippen LogP contribution in [0, 0.1) is 6.92 Å². The van der Waals surface area contributed by atoms with Crippen molar-refractivity contribution >= 4 is 17.3 Å². The van der Waals surface area contributed by atoms with Gasteiger partial charge in [-0.1, -0.05) is 66.2 Å². The third-order valence-corrected chi connectivity index (χ3v) is 4.14. The highest BCUT2D eigenvalue weighted by Gasteiger charge is 2.14. The lowest BCUT2D eigenvalue weighted by molar-refractivity contribution is -0.118. The number of rotatable bonds is 6. The Bertz CT molecular complexity index is 861. The Kier molecular flexibility index (Phi) is 5.66. The van der Waals surface area contributed by atoms with E-state index in [1.54, 1.807) is 6.07 Å². The van der Waals surface area contributed by atoms with Crippen molar-refractivity contribution in [2.45, 2.75) is 13.0 Å². The number of amides is 1. The van der Waals surface area contributed by atoms with Crippen molar-refractivity contribution in [1.29, 1.82) is 0 Å². The smallest absolute Gasteiger partial charge is 0.250 e. The average Bonchev–Trinajstić information content (AvgIpc) is 2.68. The summed E-state index contributed by atoms with van der Waals surface area (Å²) in [5.41, 5.74) is 5.06. The van der Waals surface area contributed by atoms with Crippen molar-refractivity contribution in [3.8, 4) is 0 Å². The predicted molar refractivity (Wildman–Crippen MR) is 105 cm³/mol. The molecule has 0 heterocycles. The Hall–Kier alpha value is -3.11. The van der Waals surface area contributed by atoms with Crippen molar-refractivity contribution in [2.24, 2.45) is 0 Å². The Morgan fingerprint density at radius 2 is 1.54 bits per heavy atom. The van der Waals surface area contributed by atoms with E-state index in [2.05, 4.69) is 54.0 Å². The molecular formula is C22H22N2O2. The minimum absolute atomic E-state index is 0.0133. The number of aliphatic hydroxyl groups excluding tert-OH is 1. The molecular weight excluding hydrogens is 324 g/mol. The highest BCUT2D eigenvalue weighted by molar-refractivity contribution is 5.92. The zero-order chi connectivity index (χ0) is 18.4. The van der Waals surface area contributed by atoms with Gasteiger partial charge < -0.3 is 15.7 Å². The van der Waals surface area contributed by atoms with Crippen molar-refractivity contribution in [3.63, 3.8) is 0 Å². The molecule has 4 heteroatoms. The fourth-order valence-corrected chi connectivity index (χ4v) is 2.82. The zero-order valence-electron chi connectivity index (χ0n) is 14.6. The lowest BCUT2D eigenvalue weighted by Gasteiger charge is -2.22. The molecule has 0 aliphatic rings. The fourth-order valence-electron chi connectivity index (χ4n) is 2.82. The summed E-state index contributed by atoms with van der Waals surface area (Å²) in [6.07, 6.45) is 0. The second-order valence-electron chi connectivity index (χ2n) is 6.19. The van der Waals surface area contributed by atoms with Crippen LogP contribution in [0.3, 0.4) is 0 Å². The molecule has 132 valence electrons. The van der Waals surface area contributed by atoms with E-state index < -0.39 is 12.5 Å². The number of anilines is 2. The summed E-state index contributed by atoms with van der Waals surface area (Å²) in [5.74, 6) is -0.430. The maximum absolute atomic E-state index is 11.4. The number of carbonyl (C=O) groups excluding carboxylic acids is 1. The molecule has 4 nitrogen and oxygen atoms in total. The van der Waals surface area contributed by atoms with E-state index in [1.165, 1.54) is 5.56 Å². The summed E-state index contributed by atoms with van der Waals surface area (Å²) >= 11 is 0. The average molecular weight is 346 g/mol. The van der Waals surface area contributed by atoms with Crippen LogP contribution in [0.5, 0.6) is 0 Å². The van der Waals surface area contributed by atoms with Crippen molar-refractivity contribution < 1.29 is 9.90 Å². The van der Waals surface area contributed by atoms with Gasteiger partial charge >= 0.3 is 0 Å². The summed E-state index contributed by atoms with van der Waals surface area (Å²) in [7, 11) is 0. The maximum atomic E-state index is 11.4. The Morgan fingerprint density at radius 3 is 2.23 bits per heavy atom. The monoisotopic (exact) mass is 346 g/mol. The van der Waals surface area contributed by atoms with Gasteiger partial charge in [0.15, 0.2) is 0 Å². The van der Waals surface area contributed by atoms with Gasteiger partial charge in [-0.2, -0.15) is 0 Å². The summed E-state index contributed by atoms with van der Waals surface area (Å²) in [6, 6.07) is 26.1. The van der Waals surface area contributed by atoms with Crippen molar-refractivity contribution in [1.82, 2.24) is 0 Å². The van der Waals surface area contributed by atoms with Gasteiger partial charge in [0, 0.05) is 11.4 Å². The number of hydrogen-bond donors (Lipinski definition) is 3. The second-order valence-corrected chi connectivity index (χ2v) is 6.19. The van der Waals surface area contributed by atoms with Gasteiger partial charge in [0.25, 0.3) is 0 Å². The number of aliphatic hydroxyl groups is 1. The van der Waals surface area contributed by atoms with Crippen LogP contribution in [0.2, 0.25) is 0 Å². The van der Waals surface area contributed by atoms with E-state index in [0.29, 0.717) is 5.69 Å². The number of hydrogen-bond acceptors (Lipinski definition) is 3. The SMILES string of the molecule is Cc1ccc(C(Nc2cccc(NC(=O)CO)c2)c2ccccc2)cc1. The molecule has 0 spiro atoms. The Labute approximate surface area is 153 Å². The van der Waals surface area contributed by atoms with Gasteiger partial charge in [0.1, 0.15) is 6.61 Å². The van der Waals surface area contributed by atoms with Crippen LogP contribution in [0.4, 0.5) is 11.4 Å². The summed E-state index contributed by atoms with van der Waals surface area (Å²) < 4.78 is 0. The van der Waals surface area contributed by atoms with Crippen LogP contribution in [0.15, 0.2) is 78.9 Å². The standard InChI is InChI=1S/C22H22N2O2/c1-16-10-12-18(13-11-16)22(17-6-3-2-4-7-17)24-20-9-5-8-19(14-20)23-21(26)15-25/h2-14,22,24-25H,15H2,1H3,(H,23,26). The molecule has 1 atom stereocenters. The van der Waals surface area contributed by atoms with Gasteiger partial charge in [0.2, 0.25) is 5.91 Å². The molecule has 26 heavy (non-hydrogen) atoms. The van der Waals surface area contributed by atoms with Gasteiger partial charge in [-0.05, 0) is 36.2 Å². The Morgan fingerprint density at radius 1 is 0.885 bits per heavy atom. The van der Waals surface area contributed by atoms with E-state index in [0.717, 1.165) is 16.8 Å². The van der Waals surface area contributed by atoms with Crippen molar-refractivity contribution in [2.75, 3.05) is 17.2 Å². The molecule has 1 unspecified atom stereocenters. The lowest BCUT2D eigenvalue weighted by atomic mass is 9.97. The van der Waals surface area contributed by atoms with E-state index in [1.807, 2.05) is 36.4 Å². The van der Waals surface area contributed by atoms with Crippen LogP contribution in [0.1, 0.15) is 22.7 Å². The molecule has 0 aromatic heterocycles. The van der Waals surface area contributed by atoms with Crippen LogP contribution in [-0.4, -0.2) is 17.6 Å². The van der Waals surface area contributed by atoms with Crippen LogP contribution in [-0.2, 0) is 4.79 Å². The largest absolute Gasteiger partial charge is 0.387 e. The minimum Gasteiger partial charge on any atom is -0.387 e. The Balaban J connectivity index is 1.90.